The van der Waals surface area contributed by atoms with Gasteiger partial charge in [0.25, 0.3) is 0 Å². The number of urea groups is 2. The largest absolute Gasteiger partial charge is 0.573 e. The monoisotopic (exact) mass is 488 g/mol. The molecule has 4 rings (SSSR count). The van der Waals surface area contributed by atoms with Gasteiger partial charge in [0.05, 0.1) is 12.6 Å². The van der Waals surface area contributed by atoms with Gasteiger partial charge in [0.15, 0.2) is 0 Å². The van der Waals surface area contributed by atoms with Gasteiger partial charge in [0.2, 0.25) is 0 Å². The third kappa shape index (κ3) is 5.65. The molecule has 12 heteroatoms. The number of rotatable bonds is 5. The molecule has 0 aromatic heterocycles. The van der Waals surface area contributed by atoms with E-state index in [9.17, 15) is 27.2 Å². The Bertz CT molecular complexity index is 919. The molecule has 3 aliphatic rings. The smallest absolute Gasteiger partial charge is 0.406 e. The number of amides is 4. The van der Waals surface area contributed by atoms with Crippen molar-refractivity contribution >= 4 is 12.1 Å². The highest BCUT2D eigenvalue weighted by Crippen LogP contribution is 2.41. The highest BCUT2D eigenvalue weighted by atomic mass is 19.4. The number of nitrogens with one attached hydrogen (secondary N) is 2. The summed E-state index contributed by atoms with van der Waals surface area (Å²) in [5, 5.41) is 5.35. The molecule has 188 valence electrons. The third-order valence-electron chi connectivity index (χ3n) is 6.57. The quantitative estimate of drug-likeness (QED) is 0.624. The van der Waals surface area contributed by atoms with Crippen LogP contribution < -0.4 is 15.4 Å². The van der Waals surface area contributed by atoms with Crippen molar-refractivity contribution in [3.05, 3.63) is 29.6 Å². The van der Waals surface area contributed by atoms with E-state index in [1.165, 1.54) is 0 Å². The molecule has 2 heterocycles. The number of nitrogens with zero attached hydrogens (tertiary/aromatic N) is 2. The van der Waals surface area contributed by atoms with E-state index >= 15 is 0 Å². The molecule has 0 radical (unpaired) electrons. The number of ether oxygens (including phenoxy) is 2. The first kappa shape index (κ1) is 24.4. The van der Waals surface area contributed by atoms with Crippen molar-refractivity contribution < 1.29 is 36.6 Å². The van der Waals surface area contributed by atoms with Crippen molar-refractivity contribution in [3.63, 3.8) is 0 Å². The SMILES string of the molecule is CNC(=O)N1C[C@H](N(C(=O)NCc2ccc(OC(F)(F)F)cc2F)C2CC2)CC2(CCOC2)C1. The minimum absolute atomic E-state index is 0.0291. The van der Waals surface area contributed by atoms with Crippen LogP contribution in [-0.2, 0) is 11.3 Å². The summed E-state index contributed by atoms with van der Waals surface area (Å²) in [5.74, 6) is -1.58. The summed E-state index contributed by atoms with van der Waals surface area (Å²) in [6.45, 7) is 1.87. The van der Waals surface area contributed by atoms with Crippen molar-refractivity contribution in [3.8, 4) is 5.75 Å². The van der Waals surface area contributed by atoms with Crippen LogP contribution in [0, 0.1) is 11.2 Å². The van der Waals surface area contributed by atoms with Crippen LogP contribution in [0.15, 0.2) is 18.2 Å². The molecule has 3 fully saturated rings. The fourth-order valence-electron chi connectivity index (χ4n) is 4.90. The van der Waals surface area contributed by atoms with Crippen LogP contribution in [-0.4, -0.2) is 73.7 Å². The van der Waals surface area contributed by atoms with Gasteiger partial charge in [-0.15, -0.1) is 13.2 Å². The number of hydrogen-bond donors (Lipinski definition) is 2. The summed E-state index contributed by atoms with van der Waals surface area (Å²) in [6.07, 6.45) is -1.75. The van der Waals surface area contributed by atoms with Crippen LogP contribution in [0.4, 0.5) is 27.2 Å². The molecule has 2 aliphatic heterocycles. The van der Waals surface area contributed by atoms with E-state index in [0.717, 1.165) is 31.4 Å². The van der Waals surface area contributed by atoms with Gasteiger partial charge in [0.1, 0.15) is 11.6 Å². The van der Waals surface area contributed by atoms with Gasteiger partial charge in [-0.25, -0.2) is 14.0 Å². The van der Waals surface area contributed by atoms with Gasteiger partial charge in [0, 0.05) is 56.4 Å². The average molecular weight is 488 g/mol. The first-order valence-electron chi connectivity index (χ1n) is 11.2. The van der Waals surface area contributed by atoms with E-state index in [1.807, 2.05) is 0 Å². The predicted molar refractivity (Wildman–Crippen MR) is 112 cm³/mol. The number of carbonyl (C=O) groups is 2. The Hall–Kier alpha value is -2.76. The van der Waals surface area contributed by atoms with Crippen molar-refractivity contribution in [2.24, 2.45) is 5.41 Å². The lowest BCUT2D eigenvalue weighted by Crippen LogP contribution is -2.61. The molecule has 1 unspecified atom stereocenters. The van der Waals surface area contributed by atoms with Crippen LogP contribution in [0.25, 0.3) is 0 Å². The molecule has 1 aromatic rings. The topological polar surface area (TPSA) is 83.1 Å². The molecule has 1 aliphatic carbocycles. The number of alkyl halides is 3. The number of benzene rings is 1. The van der Waals surface area contributed by atoms with E-state index in [1.54, 1.807) is 16.8 Å². The number of halogens is 4. The van der Waals surface area contributed by atoms with Crippen molar-refractivity contribution in [2.75, 3.05) is 33.4 Å². The molecular weight excluding hydrogens is 460 g/mol. The molecular formula is C22H28F4N4O4. The second-order valence-electron chi connectivity index (χ2n) is 9.19. The first-order valence-corrected chi connectivity index (χ1v) is 11.2. The Morgan fingerprint density at radius 3 is 2.65 bits per heavy atom. The van der Waals surface area contributed by atoms with Crippen LogP contribution in [0.2, 0.25) is 0 Å². The number of likely N-dealkylation sites (tertiary alicyclic amines) is 1. The van der Waals surface area contributed by atoms with Gasteiger partial charge >= 0.3 is 18.4 Å². The second kappa shape index (κ2) is 9.47. The summed E-state index contributed by atoms with van der Waals surface area (Å²) >= 11 is 0. The summed E-state index contributed by atoms with van der Waals surface area (Å²) in [7, 11) is 1.56. The Morgan fingerprint density at radius 1 is 1.29 bits per heavy atom. The molecule has 0 bridgehead atoms. The number of piperidine rings is 1. The molecule has 2 N–H and O–H groups in total. The first-order chi connectivity index (χ1) is 16.1. The predicted octanol–water partition coefficient (Wildman–Crippen LogP) is 3.22. The van der Waals surface area contributed by atoms with Crippen LogP contribution in [0.1, 0.15) is 31.2 Å². The Labute approximate surface area is 194 Å². The average Bonchev–Trinajstić information content (AvgIpc) is 3.50. The standard InChI is InChI=1S/C22H28F4N4O4/c1-27-19(31)29-11-16(9-21(12-29)6-7-33-13-21)30(15-3-4-15)20(32)28-10-14-2-5-17(8-18(14)23)34-22(24,25)26/h2,5,8,15-16H,3-4,6-7,9-13H2,1H3,(H,27,31)(H,28,32)/t16-,21?/m1/s1. The summed E-state index contributed by atoms with van der Waals surface area (Å²) in [4.78, 5) is 29.1. The van der Waals surface area contributed by atoms with Crippen molar-refractivity contribution in [2.45, 2.75) is 50.7 Å². The van der Waals surface area contributed by atoms with Crippen LogP contribution >= 0.6 is 0 Å². The van der Waals surface area contributed by atoms with E-state index < -0.39 is 24.0 Å². The van der Waals surface area contributed by atoms with E-state index in [0.29, 0.717) is 38.8 Å². The second-order valence-corrected chi connectivity index (χ2v) is 9.19. The van der Waals surface area contributed by atoms with Crippen LogP contribution in [0.3, 0.4) is 0 Å². The van der Waals surface area contributed by atoms with Gasteiger partial charge in [-0.1, -0.05) is 6.07 Å². The van der Waals surface area contributed by atoms with Crippen molar-refractivity contribution in [1.82, 2.24) is 20.4 Å². The van der Waals surface area contributed by atoms with E-state index in [2.05, 4.69) is 15.4 Å². The Balaban J connectivity index is 1.45. The van der Waals surface area contributed by atoms with E-state index in [-0.39, 0.29) is 35.6 Å². The van der Waals surface area contributed by atoms with Gasteiger partial charge in [-0.05, 0) is 31.7 Å². The van der Waals surface area contributed by atoms with Crippen LogP contribution in [0.5, 0.6) is 5.75 Å². The summed E-state index contributed by atoms with van der Waals surface area (Å²) < 4.78 is 60.7. The Kier molecular flexibility index (Phi) is 6.79. The highest BCUT2D eigenvalue weighted by molar-refractivity contribution is 5.76. The number of hydrogen-bond acceptors (Lipinski definition) is 4. The molecule has 8 nitrogen and oxygen atoms in total. The maximum absolute atomic E-state index is 14.3. The molecule has 2 atom stereocenters. The molecule has 1 saturated carbocycles. The lowest BCUT2D eigenvalue weighted by atomic mass is 9.77. The lowest BCUT2D eigenvalue weighted by Gasteiger charge is -2.47. The zero-order valence-electron chi connectivity index (χ0n) is 18.8. The normalized spacial score (nSPS) is 24.7. The molecule has 4 amide bonds. The summed E-state index contributed by atoms with van der Waals surface area (Å²) in [5.41, 5.74) is -0.182. The fourth-order valence-corrected chi connectivity index (χ4v) is 4.90. The van der Waals surface area contributed by atoms with Crippen molar-refractivity contribution in [1.29, 1.82) is 0 Å². The minimum Gasteiger partial charge on any atom is -0.406 e. The zero-order valence-corrected chi connectivity index (χ0v) is 18.8. The lowest BCUT2D eigenvalue weighted by molar-refractivity contribution is -0.274. The Morgan fingerprint density at radius 2 is 2.06 bits per heavy atom. The van der Waals surface area contributed by atoms with Gasteiger partial charge < -0.3 is 29.9 Å². The minimum atomic E-state index is -4.92. The van der Waals surface area contributed by atoms with Gasteiger partial charge in [-0.3, -0.25) is 0 Å². The highest BCUT2D eigenvalue weighted by Gasteiger charge is 2.48. The van der Waals surface area contributed by atoms with Gasteiger partial charge in [-0.2, -0.15) is 0 Å². The number of carbonyl (C=O) groups excluding carboxylic acids is 2. The van der Waals surface area contributed by atoms with E-state index in [4.69, 9.17) is 4.74 Å². The molecule has 1 spiro atoms. The zero-order chi connectivity index (χ0) is 24.5. The maximum atomic E-state index is 14.3. The maximum Gasteiger partial charge on any atom is 0.573 e. The molecule has 34 heavy (non-hydrogen) atoms. The third-order valence-corrected chi connectivity index (χ3v) is 6.57. The molecule has 2 saturated heterocycles. The summed E-state index contributed by atoms with van der Waals surface area (Å²) in [6, 6.07) is 1.99. The molecule has 1 aromatic carbocycles. The fraction of sp³-hybridized carbons (Fsp3) is 0.636.